The molecule has 1 N–H and O–H groups in total. The van der Waals surface area contributed by atoms with E-state index in [2.05, 4.69) is 5.32 Å². The van der Waals surface area contributed by atoms with Crippen LogP contribution in [0.2, 0.25) is 5.02 Å². The number of nitrogens with zero attached hydrogens (tertiary/aromatic N) is 1. The van der Waals surface area contributed by atoms with Crippen LogP contribution >= 0.6 is 24.0 Å². The average molecular weight is 413 g/mol. The van der Waals surface area contributed by atoms with Gasteiger partial charge in [-0.3, -0.25) is 4.79 Å². The van der Waals surface area contributed by atoms with E-state index in [1.807, 2.05) is 0 Å². The molecule has 0 unspecified atom stereocenters. The van der Waals surface area contributed by atoms with Crippen LogP contribution in [0.4, 0.5) is 4.39 Å². The second-order valence-electron chi connectivity index (χ2n) is 6.07. The van der Waals surface area contributed by atoms with E-state index in [-0.39, 0.29) is 64.8 Å². The van der Waals surface area contributed by atoms with Gasteiger partial charge in [-0.1, -0.05) is 11.6 Å². The highest BCUT2D eigenvalue weighted by atomic mass is 35.5. The molecule has 3 rings (SSSR count). The number of carbonyl (C=O) groups excluding carboxylic acids is 1. The van der Waals surface area contributed by atoms with Crippen LogP contribution in [0.15, 0.2) is 12.1 Å². The summed E-state index contributed by atoms with van der Waals surface area (Å²) in [5.74, 6) is -0.506. The van der Waals surface area contributed by atoms with Gasteiger partial charge in [0.1, 0.15) is 11.6 Å². The van der Waals surface area contributed by atoms with Crippen LogP contribution in [0.3, 0.4) is 0 Å². The first kappa shape index (κ1) is 20.2. The van der Waals surface area contributed by atoms with E-state index in [0.29, 0.717) is 13.1 Å². The minimum atomic E-state index is -3.14. The Morgan fingerprint density at radius 3 is 2.88 bits per heavy atom. The first-order chi connectivity index (χ1) is 11.3. The first-order valence-corrected chi connectivity index (χ1v) is 9.79. The Morgan fingerprint density at radius 1 is 1.44 bits per heavy atom. The molecule has 2 aliphatic heterocycles. The highest BCUT2D eigenvalue weighted by molar-refractivity contribution is 7.91. The fourth-order valence-corrected chi connectivity index (χ4v) is 5.31. The molecule has 0 bridgehead atoms. The summed E-state index contributed by atoms with van der Waals surface area (Å²) in [7, 11) is -3.14. The number of rotatable bonds is 3. The number of ether oxygens (including phenoxy) is 1. The lowest BCUT2D eigenvalue weighted by molar-refractivity contribution is -0.136. The van der Waals surface area contributed by atoms with Crippen molar-refractivity contribution in [2.24, 2.45) is 0 Å². The zero-order valence-corrected chi connectivity index (χ0v) is 15.9. The van der Waals surface area contributed by atoms with Gasteiger partial charge in [0, 0.05) is 24.7 Å². The van der Waals surface area contributed by atoms with E-state index >= 15 is 0 Å². The van der Waals surface area contributed by atoms with Gasteiger partial charge >= 0.3 is 0 Å². The van der Waals surface area contributed by atoms with Crippen molar-refractivity contribution < 1.29 is 22.3 Å². The van der Waals surface area contributed by atoms with Crippen molar-refractivity contribution in [1.29, 1.82) is 0 Å². The monoisotopic (exact) mass is 412 g/mol. The third-order valence-electron chi connectivity index (χ3n) is 4.44. The quantitative estimate of drug-likeness (QED) is 0.806. The summed E-state index contributed by atoms with van der Waals surface area (Å²) in [6.07, 6.45) is 0. The molecular weight excluding hydrogens is 394 g/mol. The van der Waals surface area contributed by atoms with Gasteiger partial charge in [0.15, 0.2) is 16.4 Å². The van der Waals surface area contributed by atoms with Crippen LogP contribution in [-0.2, 0) is 14.6 Å². The smallest absolute Gasteiger partial charge is 0.260 e. The predicted octanol–water partition coefficient (Wildman–Crippen LogP) is 1.19. The molecule has 0 spiro atoms. The van der Waals surface area contributed by atoms with Crippen LogP contribution < -0.4 is 10.1 Å². The minimum Gasteiger partial charge on any atom is -0.482 e. The Morgan fingerprint density at radius 2 is 2.16 bits per heavy atom. The Balaban J connectivity index is 0.00000225. The molecule has 2 atom stereocenters. The lowest BCUT2D eigenvalue weighted by atomic mass is 10.1. The zero-order valence-electron chi connectivity index (χ0n) is 13.5. The molecule has 0 aliphatic carbocycles. The summed E-state index contributed by atoms with van der Waals surface area (Å²) in [4.78, 5) is 14.0. The van der Waals surface area contributed by atoms with Crippen LogP contribution in [0, 0.1) is 12.7 Å². The molecule has 1 aromatic carbocycles. The van der Waals surface area contributed by atoms with Crippen LogP contribution in [-0.4, -0.2) is 62.5 Å². The van der Waals surface area contributed by atoms with Crippen molar-refractivity contribution in [3.8, 4) is 5.75 Å². The highest BCUT2D eigenvalue weighted by Crippen LogP contribution is 2.29. The number of sulfone groups is 1. The maximum absolute atomic E-state index is 13.4. The molecule has 1 amide bonds. The Bertz CT molecular complexity index is 775. The maximum Gasteiger partial charge on any atom is 0.260 e. The van der Waals surface area contributed by atoms with Crippen molar-refractivity contribution in [2.45, 2.75) is 19.0 Å². The molecule has 0 radical (unpaired) electrons. The van der Waals surface area contributed by atoms with Crippen molar-refractivity contribution in [2.75, 3.05) is 31.2 Å². The fourth-order valence-electron chi connectivity index (χ4n) is 3.15. The molecule has 6 nitrogen and oxygen atoms in total. The van der Waals surface area contributed by atoms with Gasteiger partial charge in [0.25, 0.3) is 5.91 Å². The third kappa shape index (κ3) is 4.19. The Kier molecular flexibility index (Phi) is 6.19. The SMILES string of the molecule is Cc1c(F)ccc(OCC(=O)N2CCN[C@H]3CS(=O)(=O)C[C@H]32)c1Cl.Cl. The molecule has 1 aromatic rings. The molecule has 0 aromatic heterocycles. The fraction of sp³-hybridized carbons (Fsp3) is 0.533. The number of halogens is 3. The largest absolute Gasteiger partial charge is 0.482 e. The number of piperazine rings is 1. The first-order valence-electron chi connectivity index (χ1n) is 7.59. The summed E-state index contributed by atoms with van der Waals surface area (Å²) in [6.45, 7) is 2.22. The number of amides is 1. The number of hydrogen-bond donors (Lipinski definition) is 1. The van der Waals surface area contributed by atoms with Crippen molar-refractivity contribution in [1.82, 2.24) is 10.2 Å². The third-order valence-corrected chi connectivity index (χ3v) is 6.62. The van der Waals surface area contributed by atoms with Gasteiger partial charge in [-0.25, -0.2) is 12.8 Å². The lowest BCUT2D eigenvalue weighted by Gasteiger charge is -2.37. The van der Waals surface area contributed by atoms with E-state index < -0.39 is 15.7 Å². The van der Waals surface area contributed by atoms with Crippen molar-refractivity contribution >= 4 is 39.8 Å². The second-order valence-corrected chi connectivity index (χ2v) is 8.60. The van der Waals surface area contributed by atoms with Crippen LogP contribution in [0.5, 0.6) is 5.75 Å². The van der Waals surface area contributed by atoms with Gasteiger partial charge in [0.2, 0.25) is 0 Å². The summed E-state index contributed by atoms with van der Waals surface area (Å²) in [5.41, 5.74) is 0.255. The highest BCUT2D eigenvalue weighted by Gasteiger charge is 2.44. The van der Waals surface area contributed by atoms with E-state index in [0.717, 1.165) is 0 Å². The zero-order chi connectivity index (χ0) is 17.5. The minimum absolute atomic E-state index is 0. The van der Waals surface area contributed by atoms with E-state index in [9.17, 15) is 17.6 Å². The molecule has 10 heteroatoms. The van der Waals surface area contributed by atoms with E-state index in [4.69, 9.17) is 16.3 Å². The summed E-state index contributed by atoms with van der Waals surface area (Å²) >= 11 is 6.02. The number of nitrogens with one attached hydrogen (secondary N) is 1. The lowest BCUT2D eigenvalue weighted by Crippen LogP contribution is -2.59. The van der Waals surface area contributed by atoms with Gasteiger partial charge in [0.05, 0.1) is 22.6 Å². The van der Waals surface area contributed by atoms with Crippen LogP contribution in [0.25, 0.3) is 0 Å². The van der Waals surface area contributed by atoms with Gasteiger partial charge in [-0.15, -0.1) is 12.4 Å². The summed E-state index contributed by atoms with van der Waals surface area (Å²) in [6, 6.07) is 2.00. The molecule has 2 heterocycles. The number of hydrogen-bond acceptors (Lipinski definition) is 5. The van der Waals surface area contributed by atoms with Crippen molar-refractivity contribution in [3.63, 3.8) is 0 Å². The molecule has 2 saturated heterocycles. The summed E-state index contributed by atoms with van der Waals surface area (Å²) < 4.78 is 42.4. The predicted molar refractivity (Wildman–Crippen MR) is 94.8 cm³/mol. The van der Waals surface area contributed by atoms with Gasteiger partial charge in [-0.2, -0.15) is 0 Å². The molecule has 25 heavy (non-hydrogen) atoms. The maximum atomic E-state index is 13.4. The number of carbonyl (C=O) groups is 1. The van der Waals surface area contributed by atoms with Gasteiger partial charge < -0.3 is 15.0 Å². The van der Waals surface area contributed by atoms with E-state index in [1.165, 1.54) is 19.1 Å². The Labute approximate surface area is 157 Å². The molecule has 0 saturated carbocycles. The van der Waals surface area contributed by atoms with Gasteiger partial charge in [-0.05, 0) is 19.1 Å². The topological polar surface area (TPSA) is 75.7 Å². The van der Waals surface area contributed by atoms with E-state index in [1.54, 1.807) is 4.90 Å². The number of fused-ring (bicyclic) bond motifs is 1. The molecule has 2 aliphatic rings. The average Bonchev–Trinajstić information content (AvgIpc) is 2.85. The standard InChI is InChI=1S/C15H18ClFN2O4S.ClH/c1-9-10(17)2-3-13(15(9)16)23-6-14(20)19-5-4-18-11-7-24(21,22)8-12(11)19;/h2-3,11-12,18H,4-8H2,1H3;1H/t11-,12+;/m0./s1. The normalized spacial score (nSPS) is 24.4. The van der Waals surface area contributed by atoms with Crippen LogP contribution in [0.1, 0.15) is 5.56 Å². The molecule has 2 fully saturated rings. The summed E-state index contributed by atoms with van der Waals surface area (Å²) in [5, 5.41) is 3.27. The van der Waals surface area contributed by atoms with Crippen molar-refractivity contribution in [3.05, 3.63) is 28.5 Å². The molecular formula is C15H19Cl2FN2O4S. The Hall–Kier alpha value is -1.09. The number of benzene rings is 1. The molecule has 140 valence electrons. The second kappa shape index (κ2) is 7.65.